The van der Waals surface area contributed by atoms with E-state index in [-0.39, 0.29) is 3.42 Å². The van der Waals surface area contributed by atoms with Gasteiger partial charge < -0.3 is 0 Å². The summed E-state index contributed by atoms with van der Waals surface area (Å²) in [5.74, 6) is 0. The molecule has 1 heterocycles. The molecule has 0 atom stereocenters. The monoisotopic (exact) mass is 340 g/mol. The minimum absolute atomic E-state index is 0.222. The first-order chi connectivity index (χ1) is 8.22. The number of benzene rings is 1. The largest absolute Gasteiger partial charge is 0.299 e. The highest BCUT2D eigenvalue weighted by Crippen LogP contribution is 2.35. The summed E-state index contributed by atoms with van der Waals surface area (Å²) < 4.78 is 0.222. The van der Waals surface area contributed by atoms with Gasteiger partial charge in [0.15, 0.2) is 0 Å². The molecule has 1 aromatic rings. The number of hydrogen-bond donors (Lipinski definition) is 0. The Balaban J connectivity index is 1.86. The van der Waals surface area contributed by atoms with Crippen molar-refractivity contribution >= 4 is 22.6 Å². The Kier molecular flexibility index (Phi) is 4.41. The van der Waals surface area contributed by atoms with Gasteiger partial charge in [-0.25, -0.2) is 0 Å². The van der Waals surface area contributed by atoms with Crippen molar-refractivity contribution in [2.75, 3.05) is 13.1 Å². The fourth-order valence-electron chi connectivity index (χ4n) is 2.27. The molecule has 17 heavy (non-hydrogen) atoms. The lowest BCUT2D eigenvalue weighted by Gasteiger charge is -2.36. The first-order valence-electron chi connectivity index (χ1n) is 6.04. The van der Waals surface area contributed by atoms with Crippen molar-refractivity contribution in [3.63, 3.8) is 0 Å². The van der Waals surface area contributed by atoms with Crippen LogP contribution in [0.25, 0.3) is 0 Å². The second kappa shape index (κ2) is 5.83. The van der Waals surface area contributed by atoms with Crippen molar-refractivity contribution in [3.05, 3.63) is 35.9 Å². The van der Waals surface area contributed by atoms with Crippen molar-refractivity contribution < 1.29 is 0 Å². The molecule has 1 fully saturated rings. The number of nitriles is 1. The van der Waals surface area contributed by atoms with Crippen LogP contribution in [-0.2, 0) is 6.54 Å². The molecule has 0 bridgehead atoms. The Bertz CT molecular complexity index is 388. The van der Waals surface area contributed by atoms with E-state index in [0.717, 1.165) is 32.5 Å². The average Bonchev–Trinajstić information content (AvgIpc) is 2.34. The average molecular weight is 340 g/mol. The maximum absolute atomic E-state index is 8.82. The standard InChI is InChI=1S/C14H17IN2/c15-14(6-9-16)7-10-17(11-8-14)12-13-4-2-1-3-5-13/h1-5H,6-8,10-12H2. The van der Waals surface area contributed by atoms with Crippen molar-refractivity contribution in [1.82, 2.24) is 4.90 Å². The Morgan fingerprint density at radius 3 is 2.47 bits per heavy atom. The molecule has 1 aliphatic heterocycles. The number of alkyl halides is 1. The predicted molar refractivity (Wildman–Crippen MR) is 77.9 cm³/mol. The van der Waals surface area contributed by atoms with Crippen LogP contribution < -0.4 is 0 Å². The molecule has 2 nitrogen and oxygen atoms in total. The summed E-state index contributed by atoms with van der Waals surface area (Å²) in [6.45, 7) is 3.26. The number of rotatable bonds is 3. The van der Waals surface area contributed by atoms with Crippen LogP contribution in [0.2, 0.25) is 0 Å². The zero-order valence-corrected chi connectivity index (χ0v) is 12.1. The highest BCUT2D eigenvalue weighted by molar-refractivity contribution is 14.1. The molecule has 0 aliphatic carbocycles. The highest BCUT2D eigenvalue weighted by atomic mass is 127. The van der Waals surface area contributed by atoms with Crippen LogP contribution >= 0.6 is 22.6 Å². The Labute approximate surface area is 117 Å². The van der Waals surface area contributed by atoms with Crippen LogP contribution in [0.15, 0.2) is 30.3 Å². The lowest BCUT2D eigenvalue weighted by atomic mass is 9.94. The minimum atomic E-state index is 0.222. The van der Waals surface area contributed by atoms with E-state index in [9.17, 15) is 0 Å². The van der Waals surface area contributed by atoms with E-state index in [2.05, 4.69) is 63.9 Å². The van der Waals surface area contributed by atoms with Gasteiger partial charge in [0.2, 0.25) is 0 Å². The number of halogens is 1. The Morgan fingerprint density at radius 2 is 1.88 bits per heavy atom. The Morgan fingerprint density at radius 1 is 1.24 bits per heavy atom. The maximum Gasteiger partial charge on any atom is 0.0635 e. The summed E-state index contributed by atoms with van der Waals surface area (Å²) in [4.78, 5) is 2.49. The normalized spacial score (nSPS) is 19.8. The summed E-state index contributed by atoms with van der Waals surface area (Å²) in [5.41, 5.74) is 1.38. The molecular formula is C14H17IN2. The SMILES string of the molecule is N#CCC1(I)CCN(Cc2ccccc2)CC1. The minimum Gasteiger partial charge on any atom is -0.299 e. The molecular weight excluding hydrogens is 323 g/mol. The number of nitrogens with zero attached hydrogens (tertiary/aromatic N) is 2. The van der Waals surface area contributed by atoms with Gasteiger partial charge in [-0.15, -0.1) is 0 Å². The molecule has 90 valence electrons. The van der Waals surface area contributed by atoms with Crippen LogP contribution in [0.5, 0.6) is 0 Å². The Hall–Kier alpha value is -0.600. The van der Waals surface area contributed by atoms with E-state index in [1.807, 2.05) is 0 Å². The van der Waals surface area contributed by atoms with Gasteiger partial charge in [-0.05, 0) is 31.5 Å². The summed E-state index contributed by atoms with van der Waals surface area (Å²) in [5, 5.41) is 8.82. The lowest BCUT2D eigenvalue weighted by Crippen LogP contribution is -2.40. The number of hydrogen-bond acceptors (Lipinski definition) is 2. The van der Waals surface area contributed by atoms with E-state index in [0.29, 0.717) is 6.42 Å². The molecule has 0 N–H and O–H groups in total. The van der Waals surface area contributed by atoms with Gasteiger partial charge in [0.1, 0.15) is 0 Å². The zero-order valence-electron chi connectivity index (χ0n) is 9.90. The fourth-order valence-corrected chi connectivity index (χ4v) is 2.92. The molecule has 3 heteroatoms. The molecule has 0 aromatic heterocycles. The topological polar surface area (TPSA) is 27.0 Å². The van der Waals surface area contributed by atoms with Crippen LogP contribution in [0, 0.1) is 11.3 Å². The third kappa shape index (κ3) is 3.68. The van der Waals surface area contributed by atoms with Crippen LogP contribution in [0.1, 0.15) is 24.8 Å². The highest BCUT2D eigenvalue weighted by Gasteiger charge is 2.31. The predicted octanol–water partition coefficient (Wildman–Crippen LogP) is 3.37. The van der Waals surface area contributed by atoms with Gasteiger partial charge in [0.05, 0.1) is 6.07 Å². The fraction of sp³-hybridized carbons (Fsp3) is 0.500. The second-order valence-corrected chi connectivity index (χ2v) is 7.04. The zero-order chi connectivity index (χ0) is 12.1. The first kappa shape index (κ1) is 12.8. The van der Waals surface area contributed by atoms with Gasteiger partial charge in [0, 0.05) is 16.4 Å². The van der Waals surface area contributed by atoms with Gasteiger partial charge in [-0.2, -0.15) is 5.26 Å². The summed E-state index contributed by atoms with van der Waals surface area (Å²) in [7, 11) is 0. The smallest absolute Gasteiger partial charge is 0.0635 e. The van der Waals surface area contributed by atoms with E-state index < -0.39 is 0 Å². The van der Waals surface area contributed by atoms with Gasteiger partial charge in [-0.1, -0.05) is 52.9 Å². The van der Waals surface area contributed by atoms with Crippen molar-refractivity contribution in [2.45, 2.75) is 29.2 Å². The van der Waals surface area contributed by atoms with Crippen molar-refractivity contribution in [1.29, 1.82) is 5.26 Å². The van der Waals surface area contributed by atoms with Crippen LogP contribution in [0.3, 0.4) is 0 Å². The molecule has 2 rings (SSSR count). The summed E-state index contributed by atoms with van der Waals surface area (Å²) in [6.07, 6.45) is 2.95. The summed E-state index contributed by atoms with van der Waals surface area (Å²) in [6, 6.07) is 12.9. The van der Waals surface area contributed by atoms with Crippen molar-refractivity contribution in [2.24, 2.45) is 0 Å². The molecule has 0 saturated carbocycles. The third-order valence-corrected chi connectivity index (χ3v) is 4.86. The van der Waals surface area contributed by atoms with Gasteiger partial charge in [-0.3, -0.25) is 4.90 Å². The quantitative estimate of drug-likeness (QED) is 0.623. The van der Waals surface area contributed by atoms with E-state index in [1.165, 1.54) is 5.56 Å². The second-order valence-electron chi connectivity index (χ2n) is 4.75. The molecule has 0 amide bonds. The maximum atomic E-state index is 8.82. The molecule has 1 aliphatic rings. The van der Waals surface area contributed by atoms with E-state index in [1.54, 1.807) is 0 Å². The first-order valence-corrected chi connectivity index (χ1v) is 7.12. The third-order valence-electron chi connectivity index (χ3n) is 3.40. The van der Waals surface area contributed by atoms with Crippen LogP contribution in [0.4, 0.5) is 0 Å². The molecule has 0 spiro atoms. The molecule has 1 saturated heterocycles. The summed E-state index contributed by atoms with van der Waals surface area (Å²) >= 11 is 2.48. The molecule has 1 aromatic carbocycles. The number of piperidine rings is 1. The lowest BCUT2D eigenvalue weighted by molar-refractivity contribution is 0.199. The number of likely N-dealkylation sites (tertiary alicyclic amines) is 1. The van der Waals surface area contributed by atoms with Gasteiger partial charge in [0.25, 0.3) is 0 Å². The molecule has 0 unspecified atom stereocenters. The molecule has 0 radical (unpaired) electrons. The van der Waals surface area contributed by atoms with Gasteiger partial charge >= 0.3 is 0 Å². The van der Waals surface area contributed by atoms with E-state index >= 15 is 0 Å². The van der Waals surface area contributed by atoms with Crippen LogP contribution in [-0.4, -0.2) is 21.4 Å². The van der Waals surface area contributed by atoms with Crippen molar-refractivity contribution in [3.8, 4) is 6.07 Å². The van der Waals surface area contributed by atoms with E-state index in [4.69, 9.17) is 5.26 Å².